The molecule has 1 aromatic rings. The first-order valence-electron chi connectivity index (χ1n) is 4.13. The van der Waals surface area contributed by atoms with E-state index in [-0.39, 0.29) is 6.01 Å². The van der Waals surface area contributed by atoms with Gasteiger partial charge in [-0.05, 0) is 25.7 Å². The summed E-state index contributed by atoms with van der Waals surface area (Å²) in [4.78, 5) is 6.89. The number of hydrogen-bond donors (Lipinski definition) is 2. The molecule has 0 aliphatic heterocycles. The number of nitrogens with zero attached hydrogens (tertiary/aromatic N) is 1. The molecule has 0 bridgehead atoms. The molecule has 0 spiro atoms. The van der Waals surface area contributed by atoms with Crippen molar-refractivity contribution in [2.45, 2.75) is 32.1 Å². The standard InChI is InChI=1S/C8H12N2O/c11-8-9-6-4-2-1-3-5-7(6)10-8/h1-5H2,(H2,9,10,11). The monoisotopic (exact) mass is 152 g/mol. The maximum atomic E-state index is 9.05. The molecule has 2 N–H and O–H groups in total. The molecule has 0 saturated carbocycles. The van der Waals surface area contributed by atoms with Crippen LogP contribution in [0.1, 0.15) is 30.7 Å². The van der Waals surface area contributed by atoms with Crippen LogP contribution >= 0.6 is 0 Å². The Morgan fingerprint density at radius 2 is 2.00 bits per heavy atom. The number of aromatic hydroxyl groups is 1. The second-order valence-corrected chi connectivity index (χ2v) is 3.05. The predicted molar refractivity (Wildman–Crippen MR) is 41.5 cm³/mol. The van der Waals surface area contributed by atoms with Crippen molar-refractivity contribution in [3.63, 3.8) is 0 Å². The molecule has 0 amide bonds. The Balaban J connectivity index is 2.32. The van der Waals surface area contributed by atoms with Gasteiger partial charge < -0.3 is 10.1 Å². The number of H-pyrrole nitrogens is 1. The lowest BCUT2D eigenvalue weighted by molar-refractivity contribution is 0.434. The zero-order chi connectivity index (χ0) is 7.68. The summed E-state index contributed by atoms with van der Waals surface area (Å²) in [6.45, 7) is 0. The molecule has 2 rings (SSSR count). The Hall–Kier alpha value is -0.990. The van der Waals surface area contributed by atoms with E-state index in [1.165, 1.54) is 19.3 Å². The third-order valence-corrected chi connectivity index (χ3v) is 2.19. The maximum absolute atomic E-state index is 9.05. The number of imidazole rings is 1. The van der Waals surface area contributed by atoms with Crippen LogP contribution in [0, 0.1) is 0 Å². The molecule has 3 nitrogen and oxygen atoms in total. The molecule has 60 valence electrons. The van der Waals surface area contributed by atoms with Crippen LogP contribution in [0.25, 0.3) is 0 Å². The van der Waals surface area contributed by atoms with E-state index in [2.05, 4.69) is 9.97 Å². The largest absolute Gasteiger partial charge is 0.480 e. The van der Waals surface area contributed by atoms with Crippen molar-refractivity contribution in [3.05, 3.63) is 11.4 Å². The van der Waals surface area contributed by atoms with Crippen molar-refractivity contribution in [2.24, 2.45) is 0 Å². The van der Waals surface area contributed by atoms with E-state index in [0.717, 1.165) is 24.2 Å². The molecule has 1 aliphatic rings. The average molecular weight is 152 g/mol. The van der Waals surface area contributed by atoms with Gasteiger partial charge in [0.05, 0.1) is 5.69 Å². The minimum Gasteiger partial charge on any atom is -0.480 e. The SMILES string of the molecule is Oc1nc2c([nH]1)CCCCC2. The van der Waals surface area contributed by atoms with Crippen LogP contribution in [0.3, 0.4) is 0 Å². The van der Waals surface area contributed by atoms with E-state index < -0.39 is 0 Å². The van der Waals surface area contributed by atoms with Gasteiger partial charge in [-0.2, -0.15) is 0 Å². The number of rotatable bonds is 0. The molecule has 0 aromatic carbocycles. The van der Waals surface area contributed by atoms with Crippen molar-refractivity contribution >= 4 is 0 Å². The zero-order valence-corrected chi connectivity index (χ0v) is 6.43. The summed E-state index contributed by atoms with van der Waals surface area (Å²) in [5.41, 5.74) is 2.21. The van der Waals surface area contributed by atoms with Gasteiger partial charge in [0.15, 0.2) is 0 Å². The number of hydrogen-bond acceptors (Lipinski definition) is 2. The lowest BCUT2D eigenvalue weighted by atomic mass is 10.2. The van der Waals surface area contributed by atoms with Gasteiger partial charge in [0.2, 0.25) is 0 Å². The third-order valence-electron chi connectivity index (χ3n) is 2.19. The normalized spacial score (nSPS) is 17.5. The van der Waals surface area contributed by atoms with Crippen molar-refractivity contribution in [2.75, 3.05) is 0 Å². The van der Waals surface area contributed by atoms with Gasteiger partial charge in [0, 0.05) is 5.69 Å². The van der Waals surface area contributed by atoms with E-state index in [1.807, 2.05) is 0 Å². The highest BCUT2D eigenvalue weighted by Crippen LogP contribution is 2.19. The summed E-state index contributed by atoms with van der Waals surface area (Å²) >= 11 is 0. The molecule has 0 unspecified atom stereocenters. The van der Waals surface area contributed by atoms with Crippen molar-refractivity contribution in [1.29, 1.82) is 0 Å². The Morgan fingerprint density at radius 1 is 1.18 bits per heavy atom. The maximum Gasteiger partial charge on any atom is 0.291 e. The summed E-state index contributed by atoms with van der Waals surface area (Å²) in [5, 5.41) is 9.05. The van der Waals surface area contributed by atoms with Gasteiger partial charge >= 0.3 is 0 Å². The summed E-state index contributed by atoms with van der Waals surface area (Å²) < 4.78 is 0. The Kier molecular flexibility index (Phi) is 1.56. The topological polar surface area (TPSA) is 48.9 Å². The Morgan fingerprint density at radius 3 is 2.91 bits per heavy atom. The average Bonchev–Trinajstić information content (AvgIpc) is 2.17. The van der Waals surface area contributed by atoms with Gasteiger partial charge in [-0.15, -0.1) is 0 Å². The highest BCUT2D eigenvalue weighted by Gasteiger charge is 2.11. The second kappa shape index (κ2) is 2.57. The van der Waals surface area contributed by atoms with Gasteiger partial charge in [0.1, 0.15) is 0 Å². The summed E-state index contributed by atoms with van der Waals surface area (Å²) in [6, 6.07) is 0.0805. The van der Waals surface area contributed by atoms with Crippen LogP contribution in [0.4, 0.5) is 0 Å². The highest BCUT2D eigenvalue weighted by molar-refractivity contribution is 5.18. The smallest absolute Gasteiger partial charge is 0.291 e. The Bertz CT molecular complexity index is 231. The van der Waals surface area contributed by atoms with E-state index >= 15 is 0 Å². The first-order valence-corrected chi connectivity index (χ1v) is 4.13. The van der Waals surface area contributed by atoms with Crippen molar-refractivity contribution in [1.82, 2.24) is 9.97 Å². The van der Waals surface area contributed by atoms with Gasteiger partial charge in [-0.25, -0.2) is 4.98 Å². The van der Waals surface area contributed by atoms with Crippen LogP contribution in [0.2, 0.25) is 0 Å². The molecule has 0 atom stereocenters. The zero-order valence-electron chi connectivity index (χ0n) is 6.43. The fourth-order valence-electron chi connectivity index (χ4n) is 1.61. The molecule has 1 aliphatic carbocycles. The first kappa shape index (κ1) is 6.70. The Labute approximate surface area is 65.5 Å². The molecule has 3 heteroatoms. The van der Waals surface area contributed by atoms with Crippen LogP contribution < -0.4 is 0 Å². The molecule has 1 aromatic heterocycles. The highest BCUT2D eigenvalue weighted by atomic mass is 16.3. The van der Waals surface area contributed by atoms with E-state index in [1.54, 1.807) is 0 Å². The molecule has 1 heterocycles. The number of aryl methyl sites for hydroxylation is 2. The molecule has 0 fully saturated rings. The summed E-state index contributed by atoms with van der Waals surface area (Å²) in [6.07, 6.45) is 5.77. The molecule has 0 saturated heterocycles. The van der Waals surface area contributed by atoms with Crippen LogP contribution in [0.5, 0.6) is 6.01 Å². The molecular formula is C8H12N2O. The number of aromatic amines is 1. The fraction of sp³-hybridized carbons (Fsp3) is 0.625. The van der Waals surface area contributed by atoms with Crippen molar-refractivity contribution < 1.29 is 5.11 Å². The first-order chi connectivity index (χ1) is 5.36. The van der Waals surface area contributed by atoms with Crippen LogP contribution in [-0.4, -0.2) is 15.1 Å². The number of aromatic nitrogens is 2. The van der Waals surface area contributed by atoms with Crippen LogP contribution in [0.15, 0.2) is 0 Å². The minimum absolute atomic E-state index is 0.0805. The second-order valence-electron chi connectivity index (χ2n) is 3.05. The van der Waals surface area contributed by atoms with Gasteiger partial charge in [-0.1, -0.05) is 6.42 Å². The minimum atomic E-state index is 0.0805. The molecule has 11 heavy (non-hydrogen) atoms. The van der Waals surface area contributed by atoms with E-state index in [4.69, 9.17) is 5.11 Å². The fourth-order valence-corrected chi connectivity index (χ4v) is 1.61. The van der Waals surface area contributed by atoms with Gasteiger partial charge in [0.25, 0.3) is 6.01 Å². The van der Waals surface area contributed by atoms with Gasteiger partial charge in [-0.3, -0.25) is 0 Å². The third kappa shape index (κ3) is 1.23. The van der Waals surface area contributed by atoms with Crippen LogP contribution in [-0.2, 0) is 12.8 Å². The summed E-state index contributed by atoms with van der Waals surface area (Å²) in [7, 11) is 0. The number of nitrogens with one attached hydrogen (secondary N) is 1. The molecular weight excluding hydrogens is 140 g/mol. The molecule has 0 radical (unpaired) electrons. The predicted octanol–water partition coefficient (Wildman–Crippen LogP) is 1.38. The quantitative estimate of drug-likeness (QED) is 0.552. The lowest BCUT2D eigenvalue weighted by Crippen LogP contribution is -1.87. The van der Waals surface area contributed by atoms with E-state index in [0.29, 0.717) is 0 Å². The summed E-state index contributed by atoms with van der Waals surface area (Å²) in [5.74, 6) is 0. The number of fused-ring (bicyclic) bond motifs is 1. The lowest BCUT2D eigenvalue weighted by Gasteiger charge is -1.91. The van der Waals surface area contributed by atoms with Crippen molar-refractivity contribution in [3.8, 4) is 6.01 Å². The van der Waals surface area contributed by atoms with E-state index in [9.17, 15) is 0 Å².